The molecule has 32 heavy (non-hydrogen) atoms. The lowest BCUT2D eigenvalue weighted by molar-refractivity contribution is -0.137. The van der Waals surface area contributed by atoms with Gasteiger partial charge in [-0.05, 0) is 37.0 Å². The summed E-state index contributed by atoms with van der Waals surface area (Å²) in [6, 6.07) is 15.7. The molecule has 1 unspecified atom stereocenters. The molecule has 2 aliphatic rings. The van der Waals surface area contributed by atoms with Crippen molar-refractivity contribution in [3.63, 3.8) is 0 Å². The second-order valence-corrected chi connectivity index (χ2v) is 9.78. The lowest BCUT2D eigenvalue weighted by Crippen LogP contribution is -2.52. The van der Waals surface area contributed by atoms with Crippen LogP contribution in [0.2, 0.25) is 0 Å². The lowest BCUT2D eigenvalue weighted by Gasteiger charge is -2.39. The number of nitrogens with zero attached hydrogens (tertiary/aromatic N) is 4. The number of anilines is 1. The van der Waals surface area contributed by atoms with Crippen LogP contribution in [0.5, 0.6) is 0 Å². The average Bonchev–Trinajstić information content (AvgIpc) is 3.29. The number of amides is 1. The molecule has 3 heterocycles. The molecular formula is C25H29FN4OS. The van der Waals surface area contributed by atoms with Gasteiger partial charge in [0.05, 0.1) is 10.6 Å². The topological polar surface area (TPSA) is 39.7 Å². The molecule has 2 fully saturated rings. The first-order chi connectivity index (χ1) is 15.7. The molecule has 0 N–H and O–H groups in total. The number of piperidine rings is 1. The molecule has 0 radical (unpaired) electrons. The number of piperazine rings is 1. The number of fused-ring (bicyclic) bond motifs is 1. The van der Waals surface area contributed by atoms with E-state index >= 15 is 0 Å². The van der Waals surface area contributed by atoms with Crippen molar-refractivity contribution >= 4 is 32.6 Å². The second-order valence-electron chi connectivity index (χ2n) is 8.77. The van der Waals surface area contributed by atoms with Crippen molar-refractivity contribution in [1.82, 2.24) is 14.8 Å². The molecule has 2 aliphatic heterocycles. The summed E-state index contributed by atoms with van der Waals surface area (Å²) in [7, 11) is 0. The van der Waals surface area contributed by atoms with Crippen molar-refractivity contribution in [2.75, 3.05) is 50.7 Å². The fourth-order valence-corrected chi connectivity index (χ4v) is 5.79. The van der Waals surface area contributed by atoms with Crippen molar-refractivity contribution in [3.8, 4) is 0 Å². The maximum absolute atomic E-state index is 14.1. The van der Waals surface area contributed by atoms with Gasteiger partial charge in [0.1, 0.15) is 11.3 Å². The lowest BCUT2D eigenvalue weighted by atomic mass is 9.96. The van der Waals surface area contributed by atoms with Gasteiger partial charge < -0.3 is 9.80 Å². The zero-order chi connectivity index (χ0) is 21.9. The zero-order valence-corrected chi connectivity index (χ0v) is 19.1. The van der Waals surface area contributed by atoms with E-state index in [4.69, 9.17) is 0 Å². The van der Waals surface area contributed by atoms with Crippen molar-refractivity contribution in [2.45, 2.75) is 19.3 Å². The monoisotopic (exact) mass is 452 g/mol. The second kappa shape index (κ2) is 9.55. The van der Waals surface area contributed by atoms with Crippen LogP contribution in [-0.4, -0.2) is 66.5 Å². The Labute approximate surface area is 192 Å². The SMILES string of the molecule is O=C(C1CCCN(c2nc3c(F)cccc3s2)C1)N1CCN(CCc2ccccc2)CC1. The van der Waals surface area contributed by atoms with Crippen LogP contribution in [0.1, 0.15) is 18.4 Å². The van der Waals surface area contributed by atoms with E-state index in [2.05, 4.69) is 45.1 Å². The first-order valence-electron chi connectivity index (χ1n) is 11.5. The Hall–Kier alpha value is -2.51. The summed E-state index contributed by atoms with van der Waals surface area (Å²) in [6.45, 7) is 6.07. The smallest absolute Gasteiger partial charge is 0.227 e. The number of aromatic nitrogens is 1. The van der Waals surface area contributed by atoms with Crippen LogP contribution in [0.4, 0.5) is 9.52 Å². The van der Waals surface area contributed by atoms with E-state index in [9.17, 15) is 9.18 Å². The third-order valence-corrected chi connectivity index (χ3v) is 7.72. The van der Waals surface area contributed by atoms with Gasteiger partial charge in [-0.1, -0.05) is 47.7 Å². The summed E-state index contributed by atoms with van der Waals surface area (Å²) in [4.78, 5) is 24.5. The molecule has 1 amide bonds. The molecule has 1 aromatic heterocycles. The summed E-state index contributed by atoms with van der Waals surface area (Å²) in [5, 5.41) is 0.827. The van der Waals surface area contributed by atoms with Gasteiger partial charge >= 0.3 is 0 Å². The number of hydrogen-bond acceptors (Lipinski definition) is 5. The van der Waals surface area contributed by atoms with Crippen molar-refractivity contribution in [3.05, 3.63) is 59.9 Å². The van der Waals surface area contributed by atoms with Crippen molar-refractivity contribution < 1.29 is 9.18 Å². The van der Waals surface area contributed by atoms with Crippen LogP contribution >= 0.6 is 11.3 Å². The van der Waals surface area contributed by atoms with Crippen LogP contribution < -0.4 is 4.90 Å². The van der Waals surface area contributed by atoms with Gasteiger partial charge in [0.25, 0.3) is 0 Å². The number of hydrogen-bond donors (Lipinski definition) is 0. The van der Waals surface area contributed by atoms with Gasteiger partial charge in [-0.3, -0.25) is 9.69 Å². The maximum Gasteiger partial charge on any atom is 0.227 e. The molecule has 2 saturated heterocycles. The van der Waals surface area contributed by atoms with Crippen LogP contribution in [0.3, 0.4) is 0 Å². The standard InChI is InChI=1S/C25H29FN4OS/c26-21-9-4-10-22-23(21)27-25(32-22)30-12-5-8-20(18-30)24(31)29-16-14-28(15-17-29)13-11-19-6-2-1-3-7-19/h1-4,6-7,9-10,20H,5,8,11-18H2. The van der Waals surface area contributed by atoms with Gasteiger partial charge in [-0.2, -0.15) is 0 Å². The van der Waals surface area contributed by atoms with Crippen LogP contribution in [0, 0.1) is 11.7 Å². The third kappa shape index (κ3) is 4.64. The van der Waals surface area contributed by atoms with Gasteiger partial charge in [-0.25, -0.2) is 9.37 Å². The van der Waals surface area contributed by atoms with E-state index in [0.29, 0.717) is 12.1 Å². The highest BCUT2D eigenvalue weighted by Crippen LogP contribution is 2.33. The molecule has 7 heteroatoms. The number of benzene rings is 2. The third-order valence-electron chi connectivity index (χ3n) is 6.64. The highest BCUT2D eigenvalue weighted by molar-refractivity contribution is 7.22. The first-order valence-corrected chi connectivity index (χ1v) is 12.3. The Morgan fingerprint density at radius 1 is 1.03 bits per heavy atom. The van der Waals surface area contributed by atoms with E-state index < -0.39 is 0 Å². The average molecular weight is 453 g/mol. The molecule has 2 aromatic carbocycles. The predicted octanol–water partition coefficient (Wildman–Crippen LogP) is 4.04. The number of para-hydroxylation sites is 1. The van der Waals surface area contributed by atoms with Crippen molar-refractivity contribution in [1.29, 1.82) is 0 Å². The van der Waals surface area contributed by atoms with E-state index in [1.807, 2.05) is 11.0 Å². The molecule has 0 saturated carbocycles. The molecule has 0 bridgehead atoms. The highest BCUT2D eigenvalue weighted by Gasteiger charge is 2.32. The molecule has 168 valence electrons. The van der Waals surface area contributed by atoms with Gasteiger partial charge in [-0.15, -0.1) is 0 Å². The number of rotatable bonds is 5. The van der Waals surface area contributed by atoms with Gasteiger partial charge in [0, 0.05) is 45.8 Å². The fraction of sp³-hybridized carbons (Fsp3) is 0.440. The Bertz CT molecular complexity index is 1060. The minimum absolute atomic E-state index is 0.00326. The Morgan fingerprint density at radius 2 is 1.84 bits per heavy atom. The molecule has 5 rings (SSSR count). The number of thiazole rings is 1. The molecule has 5 nitrogen and oxygen atoms in total. The number of carbonyl (C=O) groups excluding carboxylic acids is 1. The minimum atomic E-state index is -0.278. The van der Waals surface area contributed by atoms with Crippen LogP contribution in [0.15, 0.2) is 48.5 Å². The Morgan fingerprint density at radius 3 is 2.62 bits per heavy atom. The highest BCUT2D eigenvalue weighted by atomic mass is 32.1. The summed E-state index contributed by atoms with van der Waals surface area (Å²) in [5.41, 5.74) is 1.80. The molecular weight excluding hydrogens is 423 g/mol. The summed E-state index contributed by atoms with van der Waals surface area (Å²) < 4.78 is 14.9. The van der Waals surface area contributed by atoms with Crippen LogP contribution in [-0.2, 0) is 11.2 Å². The Balaban J connectivity index is 1.15. The summed E-state index contributed by atoms with van der Waals surface area (Å²) >= 11 is 1.51. The molecule has 0 spiro atoms. The fourth-order valence-electron chi connectivity index (χ4n) is 4.77. The number of carbonyl (C=O) groups is 1. The van der Waals surface area contributed by atoms with Crippen molar-refractivity contribution in [2.24, 2.45) is 5.92 Å². The molecule has 3 aromatic rings. The van der Waals surface area contributed by atoms with E-state index in [-0.39, 0.29) is 17.6 Å². The van der Waals surface area contributed by atoms with E-state index in [0.717, 1.165) is 68.4 Å². The maximum atomic E-state index is 14.1. The quantitative estimate of drug-likeness (QED) is 0.586. The zero-order valence-electron chi connectivity index (χ0n) is 18.3. The normalized spacial score (nSPS) is 20.1. The molecule has 1 atom stereocenters. The van der Waals surface area contributed by atoms with E-state index in [1.165, 1.54) is 23.0 Å². The van der Waals surface area contributed by atoms with Gasteiger partial charge in [0.2, 0.25) is 5.91 Å². The minimum Gasteiger partial charge on any atom is -0.347 e. The number of halogens is 1. The van der Waals surface area contributed by atoms with Crippen LogP contribution in [0.25, 0.3) is 10.2 Å². The summed E-state index contributed by atoms with van der Waals surface area (Å²) in [6.07, 6.45) is 2.93. The largest absolute Gasteiger partial charge is 0.347 e. The Kier molecular flexibility index (Phi) is 6.37. The van der Waals surface area contributed by atoms with E-state index in [1.54, 1.807) is 6.07 Å². The first kappa shape index (κ1) is 21.3. The summed E-state index contributed by atoms with van der Waals surface area (Å²) in [5.74, 6) is -0.0130. The predicted molar refractivity (Wildman–Crippen MR) is 128 cm³/mol. The van der Waals surface area contributed by atoms with Gasteiger partial charge in [0.15, 0.2) is 5.13 Å². The molecule has 0 aliphatic carbocycles.